The van der Waals surface area contributed by atoms with Crippen molar-refractivity contribution in [2.24, 2.45) is 0 Å². The number of esters is 1. The molecule has 0 radical (unpaired) electrons. The van der Waals surface area contributed by atoms with Crippen molar-refractivity contribution in [3.63, 3.8) is 0 Å². The molecule has 33 heavy (non-hydrogen) atoms. The fourth-order valence-electron chi connectivity index (χ4n) is 2.98. The van der Waals surface area contributed by atoms with E-state index < -0.39 is 18.5 Å². The summed E-state index contributed by atoms with van der Waals surface area (Å²) in [7, 11) is 3.29. The molecule has 0 aliphatic heterocycles. The monoisotopic (exact) mass is 464 g/mol. The Morgan fingerprint density at radius 1 is 0.818 bits per heavy atom. The van der Waals surface area contributed by atoms with Crippen LogP contribution in [-0.4, -0.2) is 49.2 Å². The van der Waals surface area contributed by atoms with E-state index in [9.17, 15) is 19.2 Å². The minimum Gasteiger partial charge on any atom is -0.452 e. The number of halogens is 1. The summed E-state index contributed by atoms with van der Waals surface area (Å²) in [4.78, 5) is 51.0. The molecule has 168 valence electrons. The van der Waals surface area contributed by atoms with Crippen molar-refractivity contribution in [3.05, 3.63) is 100 Å². The van der Waals surface area contributed by atoms with Crippen molar-refractivity contribution in [3.8, 4) is 0 Å². The number of ether oxygens (including phenoxy) is 1. The van der Waals surface area contributed by atoms with Gasteiger partial charge in [-0.2, -0.15) is 0 Å². The fourth-order valence-corrected chi connectivity index (χ4v) is 3.10. The van der Waals surface area contributed by atoms with Crippen LogP contribution in [0.2, 0.25) is 5.02 Å². The molecular formula is C25H21ClN2O5. The minimum atomic E-state index is -0.796. The fraction of sp³-hybridized carbons (Fsp3) is 0.120. The van der Waals surface area contributed by atoms with Gasteiger partial charge >= 0.3 is 5.97 Å². The molecule has 0 spiro atoms. The zero-order valence-corrected chi connectivity index (χ0v) is 18.8. The van der Waals surface area contributed by atoms with Crippen molar-refractivity contribution in [2.75, 3.05) is 26.0 Å². The van der Waals surface area contributed by atoms with Crippen LogP contribution in [0.25, 0.3) is 0 Å². The summed E-state index contributed by atoms with van der Waals surface area (Å²) in [6.07, 6.45) is 0. The molecule has 0 heterocycles. The molecule has 0 aliphatic rings. The average molecular weight is 465 g/mol. The van der Waals surface area contributed by atoms with E-state index >= 15 is 0 Å². The predicted octanol–water partition coefficient (Wildman–Crippen LogP) is 4.07. The van der Waals surface area contributed by atoms with Gasteiger partial charge in [-0.15, -0.1) is 0 Å². The molecular weight excluding hydrogens is 444 g/mol. The molecule has 8 heteroatoms. The Hall–Kier alpha value is -3.97. The van der Waals surface area contributed by atoms with Gasteiger partial charge in [-0.3, -0.25) is 14.4 Å². The van der Waals surface area contributed by atoms with Gasteiger partial charge in [0.2, 0.25) is 0 Å². The van der Waals surface area contributed by atoms with Crippen LogP contribution in [0.4, 0.5) is 5.69 Å². The first-order valence-corrected chi connectivity index (χ1v) is 10.3. The van der Waals surface area contributed by atoms with Crippen LogP contribution in [0.1, 0.15) is 36.6 Å². The van der Waals surface area contributed by atoms with Crippen molar-refractivity contribution >= 4 is 40.9 Å². The van der Waals surface area contributed by atoms with E-state index in [0.717, 1.165) is 0 Å². The summed E-state index contributed by atoms with van der Waals surface area (Å²) in [6.45, 7) is -0.541. The van der Waals surface area contributed by atoms with Crippen molar-refractivity contribution in [1.29, 1.82) is 0 Å². The number of benzene rings is 3. The van der Waals surface area contributed by atoms with E-state index in [2.05, 4.69) is 5.32 Å². The van der Waals surface area contributed by atoms with Crippen LogP contribution >= 0.6 is 11.6 Å². The Kier molecular flexibility index (Phi) is 7.58. The molecule has 0 saturated heterocycles. The third-order valence-corrected chi connectivity index (χ3v) is 4.91. The molecule has 0 aliphatic carbocycles. The SMILES string of the molecule is CN(C)C(=O)c1ccc(NC(=O)COC(=O)c2ccccc2C(=O)c2ccc(Cl)cc2)cc1. The van der Waals surface area contributed by atoms with Crippen LogP contribution in [0.15, 0.2) is 72.8 Å². The third-order valence-electron chi connectivity index (χ3n) is 4.65. The number of hydrogen-bond acceptors (Lipinski definition) is 5. The molecule has 1 N–H and O–H groups in total. The van der Waals surface area contributed by atoms with Crippen LogP contribution in [-0.2, 0) is 9.53 Å². The zero-order valence-electron chi connectivity index (χ0n) is 18.0. The topological polar surface area (TPSA) is 92.8 Å². The zero-order chi connectivity index (χ0) is 24.0. The number of rotatable bonds is 7. The molecule has 3 rings (SSSR count). The number of carbonyl (C=O) groups is 4. The van der Waals surface area contributed by atoms with E-state index in [1.165, 1.54) is 17.0 Å². The number of hydrogen-bond donors (Lipinski definition) is 1. The second-order valence-electron chi connectivity index (χ2n) is 7.28. The van der Waals surface area contributed by atoms with Crippen LogP contribution in [0, 0.1) is 0 Å². The lowest BCUT2D eigenvalue weighted by atomic mass is 9.98. The maximum atomic E-state index is 12.8. The molecule has 0 aromatic heterocycles. The molecule has 0 fully saturated rings. The first-order valence-electron chi connectivity index (χ1n) is 9.94. The number of nitrogens with zero attached hydrogens (tertiary/aromatic N) is 1. The predicted molar refractivity (Wildman–Crippen MR) is 125 cm³/mol. The first kappa shape index (κ1) is 23.7. The number of carbonyl (C=O) groups excluding carboxylic acids is 4. The number of anilines is 1. The molecule has 2 amide bonds. The maximum Gasteiger partial charge on any atom is 0.339 e. The number of nitrogens with one attached hydrogen (secondary N) is 1. The molecule has 7 nitrogen and oxygen atoms in total. The van der Waals surface area contributed by atoms with Gasteiger partial charge in [0.1, 0.15) is 0 Å². The highest BCUT2D eigenvalue weighted by Gasteiger charge is 2.20. The van der Waals surface area contributed by atoms with Crippen LogP contribution < -0.4 is 5.32 Å². The Morgan fingerprint density at radius 2 is 1.39 bits per heavy atom. The number of amides is 2. The highest BCUT2D eigenvalue weighted by Crippen LogP contribution is 2.18. The summed E-state index contributed by atoms with van der Waals surface area (Å²) in [6, 6.07) is 18.9. The second-order valence-corrected chi connectivity index (χ2v) is 7.72. The summed E-state index contributed by atoms with van der Waals surface area (Å²) in [5.74, 6) is -1.88. The van der Waals surface area contributed by atoms with E-state index in [1.54, 1.807) is 74.8 Å². The van der Waals surface area contributed by atoms with Crippen molar-refractivity contribution in [2.45, 2.75) is 0 Å². The molecule has 0 saturated carbocycles. The van der Waals surface area contributed by atoms with Crippen molar-refractivity contribution in [1.82, 2.24) is 4.90 Å². The Bertz CT molecular complexity index is 1190. The standard InChI is InChI=1S/C25H21ClN2O5/c1-28(2)24(31)17-9-13-19(14-10-17)27-22(29)15-33-25(32)21-6-4-3-5-20(21)23(30)16-7-11-18(26)12-8-16/h3-14H,15H2,1-2H3,(H,27,29). The van der Waals surface area contributed by atoms with Gasteiger partial charge < -0.3 is 15.0 Å². The van der Waals surface area contributed by atoms with Gasteiger partial charge in [-0.1, -0.05) is 29.8 Å². The first-order chi connectivity index (χ1) is 15.8. The highest BCUT2D eigenvalue weighted by molar-refractivity contribution is 6.30. The maximum absolute atomic E-state index is 12.8. The number of ketones is 1. The Labute approximate surface area is 195 Å². The van der Waals surface area contributed by atoms with E-state index in [-0.39, 0.29) is 22.8 Å². The summed E-state index contributed by atoms with van der Waals surface area (Å²) >= 11 is 5.87. The quantitative estimate of drug-likeness (QED) is 0.420. The van der Waals surface area contributed by atoms with Crippen LogP contribution in [0.3, 0.4) is 0 Å². The minimum absolute atomic E-state index is 0.0526. The Balaban J connectivity index is 1.63. The lowest BCUT2D eigenvalue weighted by molar-refractivity contribution is -0.119. The lowest BCUT2D eigenvalue weighted by Gasteiger charge is -2.11. The van der Waals surface area contributed by atoms with E-state index in [4.69, 9.17) is 16.3 Å². The van der Waals surface area contributed by atoms with Gasteiger partial charge in [0.15, 0.2) is 12.4 Å². The molecule has 0 bridgehead atoms. The normalized spacial score (nSPS) is 10.3. The lowest BCUT2D eigenvalue weighted by Crippen LogP contribution is -2.23. The summed E-state index contributed by atoms with van der Waals surface area (Å²) in [5.41, 5.74) is 1.51. The van der Waals surface area contributed by atoms with Crippen molar-refractivity contribution < 1.29 is 23.9 Å². The van der Waals surface area contributed by atoms with Crippen LogP contribution in [0.5, 0.6) is 0 Å². The molecule has 0 unspecified atom stereocenters. The van der Waals surface area contributed by atoms with Gasteiger partial charge in [0.25, 0.3) is 11.8 Å². The molecule has 0 atom stereocenters. The molecule has 3 aromatic carbocycles. The highest BCUT2D eigenvalue weighted by atomic mass is 35.5. The van der Waals surface area contributed by atoms with Gasteiger partial charge in [0, 0.05) is 41.5 Å². The summed E-state index contributed by atoms with van der Waals surface area (Å²) < 4.78 is 5.12. The second kappa shape index (κ2) is 10.6. The smallest absolute Gasteiger partial charge is 0.339 e. The Morgan fingerprint density at radius 3 is 2.00 bits per heavy atom. The van der Waals surface area contributed by atoms with Gasteiger partial charge in [-0.05, 0) is 54.6 Å². The third kappa shape index (κ3) is 6.05. The van der Waals surface area contributed by atoms with Gasteiger partial charge in [-0.25, -0.2) is 4.79 Å². The molecule has 3 aromatic rings. The van der Waals surface area contributed by atoms with E-state index in [0.29, 0.717) is 21.8 Å². The van der Waals surface area contributed by atoms with E-state index in [1.807, 2.05) is 0 Å². The van der Waals surface area contributed by atoms with Gasteiger partial charge in [0.05, 0.1) is 5.56 Å². The largest absolute Gasteiger partial charge is 0.452 e. The average Bonchev–Trinajstić information content (AvgIpc) is 2.82. The summed E-state index contributed by atoms with van der Waals surface area (Å²) in [5, 5.41) is 3.08.